The highest BCUT2D eigenvalue weighted by atomic mass is 35.5. The maximum Gasteiger partial charge on any atom is 0.233 e. The average molecular weight is 232 g/mol. The summed E-state index contributed by atoms with van der Waals surface area (Å²) in [6.07, 6.45) is 1.47. The first-order valence-electron chi connectivity index (χ1n) is 3.86. The number of benzene rings is 1. The van der Waals surface area contributed by atoms with Crippen LogP contribution in [0.1, 0.15) is 12.5 Å². The van der Waals surface area contributed by atoms with Crippen LogP contribution in [-0.2, 0) is 10.0 Å². The smallest absolute Gasteiger partial charge is 0.225 e. The van der Waals surface area contributed by atoms with Gasteiger partial charge in [-0.05, 0) is 30.7 Å². The van der Waals surface area contributed by atoms with Gasteiger partial charge in [0.05, 0.1) is 4.91 Å². The van der Waals surface area contributed by atoms with E-state index < -0.39 is 10.0 Å². The molecule has 0 saturated carbocycles. The van der Waals surface area contributed by atoms with Crippen molar-refractivity contribution in [3.63, 3.8) is 0 Å². The highest BCUT2D eigenvalue weighted by molar-refractivity contribution is 7.93. The molecule has 0 fully saturated rings. The van der Waals surface area contributed by atoms with Crippen LogP contribution < -0.4 is 5.14 Å². The minimum atomic E-state index is -3.60. The molecule has 1 rings (SSSR count). The van der Waals surface area contributed by atoms with Crippen molar-refractivity contribution in [3.8, 4) is 0 Å². The fraction of sp³-hybridized carbons (Fsp3) is 0.111. The predicted molar refractivity (Wildman–Crippen MR) is 58.2 cm³/mol. The molecule has 0 amide bonds. The fourth-order valence-corrected chi connectivity index (χ4v) is 1.41. The Morgan fingerprint density at radius 2 is 2.14 bits per heavy atom. The molecule has 0 aromatic heterocycles. The highest BCUT2D eigenvalue weighted by Crippen LogP contribution is 2.14. The van der Waals surface area contributed by atoms with Gasteiger partial charge in [0.25, 0.3) is 0 Å². The van der Waals surface area contributed by atoms with E-state index in [1.807, 2.05) is 0 Å². The van der Waals surface area contributed by atoms with Gasteiger partial charge in [-0.25, -0.2) is 13.6 Å². The Morgan fingerprint density at radius 1 is 1.50 bits per heavy atom. The highest BCUT2D eigenvalue weighted by Gasteiger charge is 2.05. The SMILES string of the molecule is CC(=Cc1cccc(Cl)c1)S(N)(=O)=O. The van der Waals surface area contributed by atoms with Gasteiger partial charge in [-0.3, -0.25) is 0 Å². The van der Waals surface area contributed by atoms with E-state index in [0.717, 1.165) is 0 Å². The summed E-state index contributed by atoms with van der Waals surface area (Å²) in [6, 6.07) is 6.87. The number of hydrogen-bond acceptors (Lipinski definition) is 2. The number of nitrogens with two attached hydrogens (primary N) is 1. The first-order valence-corrected chi connectivity index (χ1v) is 5.79. The number of sulfonamides is 1. The molecule has 0 saturated heterocycles. The van der Waals surface area contributed by atoms with E-state index in [-0.39, 0.29) is 4.91 Å². The minimum Gasteiger partial charge on any atom is -0.225 e. The molecule has 0 unspecified atom stereocenters. The third-order valence-corrected chi connectivity index (χ3v) is 2.92. The summed E-state index contributed by atoms with van der Waals surface area (Å²) in [5.41, 5.74) is 0.712. The van der Waals surface area contributed by atoms with Gasteiger partial charge >= 0.3 is 0 Å². The molecule has 0 heterocycles. The molecule has 0 aliphatic rings. The van der Waals surface area contributed by atoms with Crippen molar-refractivity contribution >= 4 is 27.7 Å². The predicted octanol–water partition coefficient (Wildman–Crippen LogP) is 1.99. The van der Waals surface area contributed by atoms with E-state index in [1.54, 1.807) is 24.3 Å². The monoisotopic (exact) mass is 231 g/mol. The Labute approximate surface area is 88.2 Å². The molecule has 0 spiro atoms. The van der Waals surface area contributed by atoms with E-state index in [9.17, 15) is 8.42 Å². The zero-order chi connectivity index (χ0) is 10.8. The minimum absolute atomic E-state index is 0.111. The molecule has 3 nitrogen and oxygen atoms in total. The summed E-state index contributed by atoms with van der Waals surface area (Å²) in [4.78, 5) is 0.111. The number of halogens is 1. The second kappa shape index (κ2) is 4.13. The zero-order valence-corrected chi connectivity index (χ0v) is 9.14. The number of allylic oxidation sites excluding steroid dienone is 1. The lowest BCUT2D eigenvalue weighted by molar-refractivity contribution is 0.604. The van der Waals surface area contributed by atoms with E-state index in [0.29, 0.717) is 10.6 Å². The van der Waals surface area contributed by atoms with Crippen LogP contribution in [0.3, 0.4) is 0 Å². The van der Waals surface area contributed by atoms with Gasteiger partial charge in [0, 0.05) is 5.02 Å². The summed E-state index contributed by atoms with van der Waals surface area (Å²) >= 11 is 5.73. The lowest BCUT2D eigenvalue weighted by Crippen LogP contribution is -2.12. The first-order chi connectivity index (χ1) is 6.39. The molecule has 5 heteroatoms. The van der Waals surface area contributed by atoms with Gasteiger partial charge < -0.3 is 0 Å². The molecule has 2 N–H and O–H groups in total. The van der Waals surface area contributed by atoms with Gasteiger partial charge in [-0.2, -0.15) is 0 Å². The summed E-state index contributed by atoms with van der Waals surface area (Å²) in [6.45, 7) is 1.44. The van der Waals surface area contributed by atoms with Crippen LogP contribution in [0.2, 0.25) is 5.02 Å². The van der Waals surface area contributed by atoms with Gasteiger partial charge in [-0.15, -0.1) is 0 Å². The summed E-state index contributed by atoms with van der Waals surface area (Å²) in [7, 11) is -3.60. The number of rotatable bonds is 2. The maximum absolute atomic E-state index is 10.9. The van der Waals surface area contributed by atoms with Crippen LogP contribution in [0.4, 0.5) is 0 Å². The Morgan fingerprint density at radius 3 is 2.64 bits per heavy atom. The fourth-order valence-electron chi connectivity index (χ4n) is 0.913. The first kappa shape index (κ1) is 11.2. The lowest BCUT2D eigenvalue weighted by atomic mass is 10.2. The van der Waals surface area contributed by atoms with Gasteiger partial charge in [-0.1, -0.05) is 23.7 Å². The molecule has 14 heavy (non-hydrogen) atoms. The topological polar surface area (TPSA) is 60.2 Å². The Kier molecular flexibility index (Phi) is 3.31. The summed E-state index contributed by atoms with van der Waals surface area (Å²) in [5.74, 6) is 0. The van der Waals surface area contributed by atoms with Crippen LogP contribution in [0.15, 0.2) is 29.2 Å². The molecule has 0 bridgehead atoms. The van der Waals surface area contributed by atoms with E-state index in [1.165, 1.54) is 13.0 Å². The largest absolute Gasteiger partial charge is 0.233 e. The van der Waals surface area contributed by atoms with Crippen LogP contribution in [0.5, 0.6) is 0 Å². The van der Waals surface area contributed by atoms with Crippen molar-refractivity contribution in [3.05, 3.63) is 39.8 Å². The van der Waals surface area contributed by atoms with Crippen molar-refractivity contribution in [1.29, 1.82) is 0 Å². The van der Waals surface area contributed by atoms with Crippen LogP contribution >= 0.6 is 11.6 Å². The van der Waals surface area contributed by atoms with Crippen LogP contribution in [0.25, 0.3) is 6.08 Å². The molecule has 1 aromatic rings. The normalized spacial score (nSPS) is 12.9. The number of primary sulfonamides is 1. The molecular weight excluding hydrogens is 222 g/mol. The zero-order valence-electron chi connectivity index (χ0n) is 7.57. The van der Waals surface area contributed by atoms with Gasteiger partial charge in [0.2, 0.25) is 10.0 Å². The molecule has 0 aliphatic heterocycles. The second-order valence-electron chi connectivity index (χ2n) is 2.86. The lowest BCUT2D eigenvalue weighted by Gasteiger charge is -1.98. The van der Waals surface area contributed by atoms with E-state index >= 15 is 0 Å². The summed E-state index contributed by atoms with van der Waals surface area (Å²) in [5, 5.41) is 5.49. The van der Waals surface area contributed by atoms with Crippen LogP contribution in [-0.4, -0.2) is 8.42 Å². The third-order valence-electron chi connectivity index (χ3n) is 1.67. The van der Waals surface area contributed by atoms with Crippen molar-refractivity contribution < 1.29 is 8.42 Å². The molecule has 0 radical (unpaired) electrons. The van der Waals surface area contributed by atoms with Gasteiger partial charge in [0.15, 0.2) is 0 Å². The number of hydrogen-bond donors (Lipinski definition) is 1. The molecule has 0 atom stereocenters. The quantitative estimate of drug-likeness (QED) is 0.846. The Hall–Kier alpha value is -0.840. The van der Waals surface area contributed by atoms with Crippen molar-refractivity contribution in [2.75, 3.05) is 0 Å². The van der Waals surface area contributed by atoms with Crippen molar-refractivity contribution in [2.24, 2.45) is 5.14 Å². The second-order valence-corrected chi connectivity index (χ2v) is 5.03. The van der Waals surface area contributed by atoms with Gasteiger partial charge in [0.1, 0.15) is 0 Å². The molecule has 0 aliphatic carbocycles. The Balaban J connectivity index is 3.10. The molecular formula is C9H10ClNO2S. The Bertz CT molecular complexity index is 465. The average Bonchev–Trinajstić information content (AvgIpc) is 2.02. The molecule has 76 valence electrons. The summed E-state index contributed by atoms with van der Waals surface area (Å²) < 4.78 is 21.8. The maximum atomic E-state index is 10.9. The standard InChI is InChI=1S/C9H10ClNO2S/c1-7(14(11,12)13)5-8-3-2-4-9(10)6-8/h2-6H,1H3,(H2,11,12,13). The van der Waals surface area contributed by atoms with E-state index in [2.05, 4.69) is 0 Å². The van der Waals surface area contributed by atoms with Crippen molar-refractivity contribution in [1.82, 2.24) is 0 Å². The van der Waals surface area contributed by atoms with E-state index in [4.69, 9.17) is 16.7 Å². The third kappa shape index (κ3) is 3.14. The van der Waals surface area contributed by atoms with Crippen molar-refractivity contribution in [2.45, 2.75) is 6.92 Å². The van der Waals surface area contributed by atoms with Crippen LogP contribution in [0, 0.1) is 0 Å². The molecule has 1 aromatic carbocycles.